The van der Waals surface area contributed by atoms with Crippen LogP contribution in [0.15, 0.2) is 9.93 Å². The van der Waals surface area contributed by atoms with E-state index < -0.39 is 0 Å². The number of hydrogen-bond acceptors (Lipinski definition) is 6. The summed E-state index contributed by atoms with van der Waals surface area (Å²) in [5.74, 6) is 2.18. The Bertz CT molecular complexity index is 551. The molecule has 0 aliphatic carbocycles. The molecule has 2 heterocycles. The van der Waals surface area contributed by atoms with Crippen molar-refractivity contribution in [2.24, 2.45) is 5.92 Å². The molecule has 116 valence electrons. The lowest BCUT2D eigenvalue weighted by Crippen LogP contribution is -2.02. The first-order chi connectivity index (χ1) is 10.2. The fraction of sp³-hybridized carbons (Fsp3) is 0.667. The zero-order chi connectivity index (χ0) is 15.2. The van der Waals surface area contributed by atoms with Crippen LogP contribution >= 0.6 is 11.3 Å². The Morgan fingerprint density at radius 1 is 1.33 bits per heavy atom. The fourth-order valence-electron chi connectivity index (χ4n) is 2.48. The lowest BCUT2D eigenvalue weighted by atomic mass is 9.93. The average molecular weight is 308 g/mol. The maximum Gasteiger partial charge on any atom is 0.269 e. The molecule has 1 N–H and O–H groups in total. The molecule has 0 amide bonds. The summed E-state index contributed by atoms with van der Waals surface area (Å²) in [6.45, 7) is 6.68. The van der Waals surface area contributed by atoms with Crippen molar-refractivity contribution >= 4 is 16.3 Å². The summed E-state index contributed by atoms with van der Waals surface area (Å²) in [5, 5.41) is 12.4. The van der Waals surface area contributed by atoms with E-state index in [1.807, 2.05) is 7.05 Å². The van der Waals surface area contributed by atoms with Gasteiger partial charge in [-0.15, -0.1) is 21.5 Å². The third-order valence-corrected chi connectivity index (χ3v) is 4.51. The van der Waals surface area contributed by atoms with Crippen molar-refractivity contribution in [3.63, 3.8) is 0 Å². The molecule has 0 fully saturated rings. The molecule has 0 spiro atoms. The minimum absolute atomic E-state index is 0.287. The van der Waals surface area contributed by atoms with Crippen LogP contribution in [0.5, 0.6) is 0 Å². The third-order valence-electron chi connectivity index (χ3n) is 3.67. The van der Waals surface area contributed by atoms with E-state index in [0.717, 1.165) is 17.1 Å². The lowest BCUT2D eigenvalue weighted by molar-refractivity contribution is 0.385. The highest BCUT2D eigenvalue weighted by molar-refractivity contribution is 7.14. The van der Waals surface area contributed by atoms with Crippen molar-refractivity contribution in [3.05, 3.63) is 11.4 Å². The number of hydrogen-bond donors (Lipinski definition) is 1. The molecule has 2 atom stereocenters. The molecular weight excluding hydrogens is 284 g/mol. The SMILES string of the molecule is CCCCC(C)CC(C)c1nnc(-c2ncsc2NC)o1. The van der Waals surface area contributed by atoms with Crippen molar-refractivity contribution in [3.8, 4) is 11.6 Å². The smallest absolute Gasteiger partial charge is 0.269 e. The normalized spacial score (nSPS) is 14.1. The molecule has 2 rings (SSSR count). The molecule has 2 aromatic rings. The number of anilines is 1. The highest BCUT2D eigenvalue weighted by Crippen LogP contribution is 2.31. The van der Waals surface area contributed by atoms with Gasteiger partial charge in [0, 0.05) is 13.0 Å². The van der Waals surface area contributed by atoms with Crippen LogP contribution in [-0.2, 0) is 0 Å². The zero-order valence-corrected chi connectivity index (χ0v) is 14.0. The van der Waals surface area contributed by atoms with Crippen LogP contribution < -0.4 is 5.32 Å². The van der Waals surface area contributed by atoms with E-state index in [1.54, 1.807) is 5.51 Å². The summed E-state index contributed by atoms with van der Waals surface area (Å²) >= 11 is 1.53. The Hall–Kier alpha value is -1.43. The number of unbranched alkanes of at least 4 members (excludes halogenated alkanes) is 1. The van der Waals surface area contributed by atoms with Crippen molar-refractivity contribution in [2.75, 3.05) is 12.4 Å². The van der Waals surface area contributed by atoms with Crippen molar-refractivity contribution in [2.45, 2.75) is 52.4 Å². The van der Waals surface area contributed by atoms with Crippen LogP contribution in [0.25, 0.3) is 11.6 Å². The van der Waals surface area contributed by atoms with Gasteiger partial charge >= 0.3 is 0 Å². The number of nitrogens with one attached hydrogen (secondary N) is 1. The number of thiazole rings is 1. The first-order valence-electron chi connectivity index (χ1n) is 7.60. The summed E-state index contributed by atoms with van der Waals surface area (Å²) in [7, 11) is 1.87. The second kappa shape index (κ2) is 7.54. The Kier molecular flexibility index (Phi) is 5.73. The highest BCUT2D eigenvalue weighted by Gasteiger charge is 2.20. The van der Waals surface area contributed by atoms with Gasteiger partial charge in [0.15, 0.2) is 5.69 Å². The summed E-state index contributed by atoms with van der Waals surface area (Å²) in [6.07, 6.45) is 4.88. The molecule has 0 aliphatic rings. The van der Waals surface area contributed by atoms with Gasteiger partial charge in [-0.3, -0.25) is 0 Å². The van der Waals surface area contributed by atoms with Gasteiger partial charge in [0.05, 0.1) is 5.51 Å². The van der Waals surface area contributed by atoms with E-state index in [9.17, 15) is 0 Å². The molecule has 0 bridgehead atoms. The van der Waals surface area contributed by atoms with E-state index in [4.69, 9.17) is 4.42 Å². The van der Waals surface area contributed by atoms with Crippen LogP contribution in [0.3, 0.4) is 0 Å². The molecule has 6 heteroatoms. The van der Waals surface area contributed by atoms with Gasteiger partial charge in [-0.1, -0.05) is 40.0 Å². The molecule has 2 aromatic heterocycles. The highest BCUT2D eigenvalue weighted by atomic mass is 32.1. The molecule has 0 radical (unpaired) electrons. The lowest BCUT2D eigenvalue weighted by Gasteiger charge is -2.13. The van der Waals surface area contributed by atoms with Crippen LogP contribution in [0.1, 0.15) is 58.3 Å². The summed E-state index contributed by atoms with van der Waals surface area (Å²) in [5.41, 5.74) is 2.52. The predicted molar refractivity (Wildman–Crippen MR) is 86.7 cm³/mol. The first kappa shape index (κ1) is 15.9. The van der Waals surface area contributed by atoms with Gasteiger partial charge in [-0.05, 0) is 12.3 Å². The Labute approximate surface area is 130 Å². The van der Waals surface area contributed by atoms with E-state index >= 15 is 0 Å². The van der Waals surface area contributed by atoms with Crippen molar-refractivity contribution in [1.82, 2.24) is 15.2 Å². The Balaban J connectivity index is 2.02. The minimum atomic E-state index is 0.287. The first-order valence-corrected chi connectivity index (χ1v) is 8.48. The standard InChI is InChI=1S/C15H24N4OS/c1-5-6-7-10(2)8-11(3)13-18-19-14(20-13)12-15(16-4)21-9-17-12/h9-11,16H,5-8H2,1-4H3. The topological polar surface area (TPSA) is 63.8 Å². The zero-order valence-electron chi connectivity index (χ0n) is 13.2. The minimum Gasteiger partial charge on any atom is -0.419 e. The fourth-order valence-corrected chi connectivity index (χ4v) is 3.11. The van der Waals surface area contributed by atoms with Crippen LogP contribution in [0.4, 0.5) is 5.00 Å². The summed E-state index contributed by atoms with van der Waals surface area (Å²) in [4.78, 5) is 4.29. The number of aromatic nitrogens is 3. The van der Waals surface area contributed by atoms with Crippen molar-refractivity contribution in [1.29, 1.82) is 0 Å². The third kappa shape index (κ3) is 4.03. The Morgan fingerprint density at radius 2 is 2.14 bits per heavy atom. The van der Waals surface area contributed by atoms with Gasteiger partial charge in [-0.25, -0.2) is 4.98 Å². The number of nitrogens with zero attached hydrogens (tertiary/aromatic N) is 3. The van der Waals surface area contributed by atoms with Crippen LogP contribution in [0.2, 0.25) is 0 Å². The largest absolute Gasteiger partial charge is 0.419 e. The molecule has 2 unspecified atom stereocenters. The summed E-state index contributed by atoms with van der Waals surface area (Å²) in [6, 6.07) is 0. The van der Waals surface area contributed by atoms with Gasteiger partial charge in [0.2, 0.25) is 5.89 Å². The van der Waals surface area contributed by atoms with Crippen LogP contribution in [-0.4, -0.2) is 22.2 Å². The second-order valence-electron chi connectivity index (χ2n) is 5.61. The predicted octanol–water partition coefficient (Wildman–Crippen LogP) is 4.55. The van der Waals surface area contributed by atoms with Gasteiger partial charge in [-0.2, -0.15) is 0 Å². The molecule has 5 nitrogen and oxygen atoms in total. The van der Waals surface area contributed by atoms with E-state index in [2.05, 4.69) is 41.3 Å². The molecule has 0 saturated heterocycles. The van der Waals surface area contributed by atoms with Crippen molar-refractivity contribution < 1.29 is 4.42 Å². The van der Waals surface area contributed by atoms with Crippen LogP contribution in [0, 0.1) is 5.92 Å². The number of rotatable bonds is 8. The van der Waals surface area contributed by atoms with E-state index in [-0.39, 0.29) is 5.92 Å². The molecule has 0 aliphatic heterocycles. The second-order valence-corrected chi connectivity index (χ2v) is 6.46. The molecule has 0 aromatic carbocycles. The Morgan fingerprint density at radius 3 is 2.86 bits per heavy atom. The molecule has 21 heavy (non-hydrogen) atoms. The molecule has 0 saturated carbocycles. The quantitative estimate of drug-likeness (QED) is 0.774. The summed E-state index contributed by atoms with van der Waals surface area (Å²) < 4.78 is 5.82. The molecular formula is C15H24N4OS. The average Bonchev–Trinajstić information content (AvgIpc) is 3.12. The van der Waals surface area contributed by atoms with E-state index in [0.29, 0.717) is 17.7 Å². The van der Waals surface area contributed by atoms with Gasteiger partial charge < -0.3 is 9.73 Å². The monoisotopic (exact) mass is 308 g/mol. The van der Waals surface area contributed by atoms with E-state index in [1.165, 1.54) is 30.6 Å². The van der Waals surface area contributed by atoms with Gasteiger partial charge in [0.25, 0.3) is 5.89 Å². The van der Waals surface area contributed by atoms with Gasteiger partial charge in [0.1, 0.15) is 5.00 Å². The maximum absolute atomic E-state index is 5.82. The maximum atomic E-state index is 5.82.